The molecule has 0 aliphatic rings. The molecule has 0 bridgehead atoms. The van der Waals surface area contributed by atoms with E-state index in [0.29, 0.717) is 0 Å². The van der Waals surface area contributed by atoms with Crippen molar-refractivity contribution >= 4 is 11.8 Å². The number of aliphatic hydroxyl groups is 1. The number of nitrogens with one attached hydrogen (secondary N) is 2. The van der Waals surface area contributed by atoms with Crippen molar-refractivity contribution in [1.82, 2.24) is 15.5 Å². The minimum Gasteiger partial charge on any atom is -0.388 e. The SMILES string of the molecule is CNC(=O)[C@@H](NC(=O)[C@H](C(C)C)N(C)C)C(C)(C)O. The minimum atomic E-state index is -1.33. The molecule has 0 aliphatic carbocycles. The van der Waals surface area contributed by atoms with Gasteiger partial charge in [0.1, 0.15) is 6.04 Å². The molecular weight excluding hydrogens is 246 g/mol. The highest BCUT2D eigenvalue weighted by Gasteiger charge is 2.36. The topological polar surface area (TPSA) is 81.7 Å². The van der Waals surface area contributed by atoms with Gasteiger partial charge >= 0.3 is 0 Å². The number of nitrogens with zero attached hydrogens (tertiary/aromatic N) is 1. The molecule has 3 N–H and O–H groups in total. The number of hydrogen-bond acceptors (Lipinski definition) is 4. The zero-order valence-electron chi connectivity index (χ0n) is 12.9. The zero-order valence-corrected chi connectivity index (χ0v) is 12.9. The second kappa shape index (κ2) is 6.86. The van der Waals surface area contributed by atoms with Crippen LogP contribution in [0.15, 0.2) is 0 Å². The maximum Gasteiger partial charge on any atom is 0.245 e. The molecule has 0 heterocycles. The largest absolute Gasteiger partial charge is 0.388 e. The molecule has 0 aromatic heterocycles. The van der Waals surface area contributed by atoms with Crippen LogP contribution in [0, 0.1) is 5.92 Å². The summed E-state index contributed by atoms with van der Waals surface area (Å²) in [5.74, 6) is -0.583. The lowest BCUT2D eigenvalue weighted by molar-refractivity contribution is -0.137. The molecule has 0 aromatic carbocycles. The van der Waals surface area contributed by atoms with Crippen LogP contribution in [0.4, 0.5) is 0 Å². The second-order valence-electron chi connectivity index (χ2n) is 5.86. The number of carbonyl (C=O) groups excluding carboxylic acids is 2. The Hall–Kier alpha value is -1.14. The molecule has 0 saturated heterocycles. The molecule has 0 aliphatic heterocycles. The first-order valence-electron chi connectivity index (χ1n) is 6.43. The summed E-state index contributed by atoms with van der Waals surface area (Å²) in [4.78, 5) is 25.8. The van der Waals surface area contributed by atoms with Crippen molar-refractivity contribution in [1.29, 1.82) is 0 Å². The molecule has 0 spiro atoms. The van der Waals surface area contributed by atoms with Crippen LogP contribution in [0.1, 0.15) is 27.7 Å². The highest BCUT2D eigenvalue weighted by Crippen LogP contribution is 2.12. The van der Waals surface area contributed by atoms with Gasteiger partial charge in [0.15, 0.2) is 0 Å². The minimum absolute atomic E-state index is 0.0992. The van der Waals surface area contributed by atoms with Crippen LogP contribution in [-0.2, 0) is 9.59 Å². The molecule has 2 atom stereocenters. The van der Waals surface area contributed by atoms with E-state index in [9.17, 15) is 14.7 Å². The van der Waals surface area contributed by atoms with Gasteiger partial charge in [-0.15, -0.1) is 0 Å². The fourth-order valence-corrected chi connectivity index (χ4v) is 2.07. The maximum atomic E-state index is 12.3. The number of hydrogen-bond donors (Lipinski definition) is 3. The van der Waals surface area contributed by atoms with Crippen molar-refractivity contribution < 1.29 is 14.7 Å². The summed E-state index contributed by atoms with van der Waals surface area (Å²) in [5.41, 5.74) is -1.33. The van der Waals surface area contributed by atoms with E-state index in [1.54, 1.807) is 4.90 Å². The van der Waals surface area contributed by atoms with Crippen molar-refractivity contribution in [3.05, 3.63) is 0 Å². The van der Waals surface area contributed by atoms with E-state index in [-0.39, 0.29) is 17.9 Å². The van der Waals surface area contributed by atoms with E-state index < -0.39 is 17.6 Å². The Balaban J connectivity index is 5.05. The van der Waals surface area contributed by atoms with E-state index in [2.05, 4.69) is 10.6 Å². The maximum absolute atomic E-state index is 12.3. The Morgan fingerprint density at radius 2 is 1.63 bits per heavy atom. The summed E-state index contributed by atoms with van der Waals surface area (Å²) in [5, 5.41) is 15.1. The van der Waals surface area contributed by atoms with Gasteiger partial charge in [0, 0.05) is 7.05 Å². The molecular formula is C13H27N3O3. The van der Waals surface area contributed by atoms with E-state index in [1.807, 2.05) is 27.9 Å². The first-order chi connectivity index (χ1) is 8.52. The molecule has 2 amide bonds. The van der Waals surface area contributed by atoms with Crippen molar-refractivity contribution in [3.8, 4) is 0 Å². The molecule has 112 valence electrons. The van der Waals surface area contributed by atoms with Gasteiger partial charge in [0.05, 0.1) is 11.6 Å². The lowest BCUT2D eigenvalue weighted by Crippen LogP contribution is -2.60. The zero-order chi connectivity index (χ0) is 15.4. The van der Waals surface area contributed by atoms with Gasteiger partial charge in [-0.25, -0.2) is 0 Å². The molecule has 0 radical (unpaired) electrons. The third-order valence-electron chi connectivity index (χ3n) is 2.96. The summed E-state index contributed by atoms with van der Waals surface area (Å²) < 4.78 is 0. The Bertz CT molecular complexity index is 314. The van der Waals surface area contributed by atoms with Gasteiger partial charge in [-0.05, 0) is 33.9 Å². The van der Waals surface area contributed by atoms with Crippen molar-refractivity contribution in [3.63, 3.8) is 0 Å². The van der Waals surface area contributed by atoms with Gasteiger partial charge in [0.25, 0.3) is 0 Å². The molecule has 0 unspecified atom stereocenters. The quantitative estimate of drug-likeness (QED) is 0.613. The number of carbonyl (C=O) groups is 2. The van der Waals surface area contributed by atoms with E-state index in [1.165, 1.54) is 20.9 Å². The Morgan fingerprint density at radius 3 is 1.89 bits per heavy atom. The highest BCUT2D eigenvalue weighted by atomic mass is 16.3. The van der Waals surface area contributed by atoms with Crippen molar-refractivity contribution in [2.24, 2.45) is 5.92 Å². The molecule has 0 saturated carbocycles. The van der Waals surface area contributed by atoms with Gasteiger partial charge < -0.3 is 15.7 Å². The normalized spacial score (nSPS) is 15.3. The smallest absolute Gasteiger partial charge is 0.245 e. The monoisotopic (exact) mass is 273 g/mol. The first kappa shape index (κ1) is 17.9. The molecule has 19 heavy (non-hydrogen) atoms. The predicted octanol–water partition coefficient (Wildman–Crippen LogP) is -0.426. The summed E-state index contributed by atoms with van der Waals surface area (Å²) >= 11 is 0. The number of likely N-dealkylation sites (N-methyl/N-ethyl adjacent to an activating group) is 2. The fraction of sp³-hybridized carbons (Fsp3) is 0.846. The molecule has 0 fully saturated rings. The van der Waals surface area contributed by atoms with Crippen molar-refractivity contribution in [2.45, 2.75) is 45.4 Å². The number of rotatable bonds is 6. The molecule has 0 aromatic rings. The summed E-state index contributed by atoms with van der Waals surface area (Å²) in [6.45, 7) is 6.85. The lowest BCUT2D eigenvalue weighted by Gasteiger charge is -2.33. The molecule has 6 heteroatoms. The van der Waals surface area contributed by atoms with Crippen LogP contribution in [0.3, 0.4) is 0 Å². The van der Waals surface area contributed by atoms with Crippen LogP contribution in [-0.4, -0.2) is 60.6 Å². The van der Waals surface area contributed by atoms with E-state index in [4.69, 9.17) is 0 Å². The second-order valence-corrected chi connectivity index (χ2v) is 5.86. The van der Waals surface area contributed by atoms with Crippen LogP contribution < -0.4 is 10.6 Å². The van der Waals surface area contributed by atoms with Crippen LogP contribution >= 0.6 is 0 Å². The van der Waals surface area contributed by atoms with Crippen LogP contribution in [0.25, 0.3) is 0 Å². The van der Waals surface area contributed by atoms with Crippen LogP contribution in [0.5, 0.6) is 0 Å². The van der Waals surface area contributed by atoms with Gasteiger partial charge in [-0.2, -0.15) is 0 Å². The third kappa shape index (κ3) is 5.16. The van der Waals surface area contributed by atoms with Gasteiger partial charge in [-0.1, -0.05) is 13.8 Å². The highest BCUT2D eigenvalue weighted by molar-refractivity contribution is 5.90. The predicted molar refractivity (Wildman–Crippen MR) is 74.6 cm³/mol. The van der Waals surface area contributed by atoms with Crippen molar-refractivity contribution in [2.75, 3.05) is 21.1 Å². The standard InChI is InChI=1S/C13H27N3O3/c1-8(2)9(16(6)7)11(17)15-10(12(18)14-5)13(3,4)19/h8-10,19H,1-7H3,(H,14,18)(H,15,17)/t9-,10+/m0/s1. The van der Waals surface area contributed by atoms with E-state index >= 15 is 0 Å². The third-order valence-corrected chi connectivity index (χ3v) is 2.96. The lowest BCUT2D eigenvalue weighted by atomic mass is 9.96. The average molecular weight is 273 g/mol. The fourth-order valence-electron chi connectivity index (χ4n) is 2.07. The van der Waals surface area contributed by atoms with Gasteiger partial charge in [-0.3, -0.25) is 14.5 Å². The number of amides is 2. The Labute approximate surface area is 115 Å². The summed E-state index contributed by atoms with van der Waals surface area (Å²) in [6, 6.07) is -1.33. The van der Waals surface area contributed by atoms with Crippen LogP contribution in [0.2, 0.25) is 0 Å². The molecule has 6 nitrogen and oxygen atoms in total. The average Bonchev–Trinajstić information content (AvgIpc) is 2.22. The molecule has 0 rings (SSSR count). The Morgan fingerprint density at radius 1 is 1.16 bits per heavy atom. The summed E-state index contributed by atoms with van der Waals surface area (Å²) in [7, 11) is 5.09. The van der Waals surface area contributed by atoms with Gasteiger partial charge in [0.2, 0.25) is 11.8 Å². The summed E-state index contributed by atoms with van der Waals surface area (Å²) in [6.07, 6.45) is 0. The Kier molecular flexibility index (Phi) is 6.45. The van der Waals surface area contributed by atoms with E-state index in [0.717, 1.165) is 0 Å². The first-order valence-corrected chi connectivity index (χ1v) is 6.43.